The van der Waals surface area contributed by atoms with Crippen molar-refractivity contribution in [2.75, 3.05) is 0 Å². The van der Waals surface area contributed by atoms with Crippen LogP contribution in [-0.2, 0) is 16.4 Å². The van der Waals surface area contributed by atoms with Gasteiger partial charge in [0.2, 0.25) is 0 Å². The van der Waals surface area contributed by atoms with Crippen molar-refractivity contribution in [3.8, 4) is 0 Å². The van der Waals surface area contributed by atoms with E-state index in [0.29, 0.717) is 12.8 Å². The number of pyridine rings is 1. The molecule has 2 bridgehead atoms. The Bertz CT molecular complexity index is 472. The molecule has 2 saturated heterocycles. The topological polar surface area (TPSA) is 50.2 Å². The summed E-state index contributed by atoms with van der Waals surface area (Å²) in [5.41, 5.74) is 1.15. The fourth-order valence-electron chi connectivity index (χ4n) is 3.33. The number of nitrogens with zero attached hydrogens (tertiary/aromatic N) is 1. The molecule has 1 aromatic rings. The SMILES string of the molecule is Cc1cncc(C2(O)CC3CCCC(C2)S3=O)c1. The van der Waals surface area contributed by atoms with Crippen LogP contribution in [0.2, 0.25) is 0 Å². The van der Waals surface area contributed by atoms with Crippen LogP contribution in [0.25, 0.3) is 0 Å². The molecule has 0 spiro atoms. The molecule has 2 aliphatic rings. The fourth-order valence-corrected chi connectivity index (χ4v) is 5.55. The summed E-state index contributed by atoms with van der Waals surface area (Å²) in [5.74, 6) is 0. The molecule has 0 amide bonds. The monoisotopic (exact) mass is 265 g/mol. The standard InChI is InChI=1S/C14H19NO2S/c1-10-5-11(9-15-8-10)14(16)6-12-3-2-4-13(7-14)18(12)17/h5,8-9,12-13,16H,2-4,6-7H2,1H3. The Kier molecular flexibility index (Phi) is 3.02. The van der Waals surface area contributed by atoms with Crippen LogP contribution in [0.4, 0.5) is 0 Å². The third kappa shape index (κ3) is 2.01. The first-order valence-electron chi connectivity index (χ1n) is 6.62. The van der Waals surface area contributed by atoms with Crippen LogP contribution in [0.1, 0.15) is 43.2 Å². The highest BCUT2D eigenvalue weighted by molar-refractivity contribution is 7.86. The first kappa shape index (κ1) is 12.3. The van der Waals surface area contributed by atoms with Crippen molar-refractivity contribution in [3.05, 3.63) is 29.6 Å². The van der Waals surface area contributed by atoms with Crippen LogP contribution in [0.5, 0.6) is 0 Å². The number of aryl methyl sites for hydroxylation is 1. The van der Waals surface area contributed by atoms with E-state index < -0.39 is 16.4 Å². The second-order valence-electron chi connectivity index (χ2n) is 5.69. The molecule has 0 saturated carbocycles. The van der Waals surface area contributed by atoms with Crippen molar-refractivity contribution in [1.82, 2.24) is 4.98 Å². The van der Waals surface area contributed by atoms with Crippen molar-refractivity contribution in [3.63, 3.8) is 0 Å². The van der Waals surface area contributed by atoms with Crippen LogP contribution < -0.4 is 0 Å². The minimum atomic E-state index is -0.817. The quantitative estimate of drug-likeness (QED) is 0.845. The Balaban J connectivity index is 1.94. The second kappa shape index (κ2) is 4.42. The average molecular weight is 265 g/mol. The molecule has 2 aliphatic heterocycles. The van der Waals surface area contributed by atoms with Gasteiger partial charge in [0.05, 0.1) is 5.60 Å². The van der Waals surface area contributed by atoms with Gasteiger partial charge in [0.25, 0.3) is 0 Å². The maximum Gasteiger partial charge on any atom is 0.0934 e. The van der Waals surface area contributed by atoms with E-state index in [9.17, 15) is 9.32 Å². The van der Waals surface area contributed by atoms with E-state index in [1.807, 2.05) is 13.0 Å². The molecule has 3 nitrogen and oxygen atoms in total. The van der Waals surface area contributed by atoms with Gasteiger partial charge in [0.1, 0.15) is 0 Å². The second-order valence-corrected chi connectivity index (χ2v) is 7.68. The lowest BCUT2D eigenvalue weighted by Gasteiger charge is -2.43. The van der Waals surface area contributed by atoms with Gasteiger partial charge in [0.15, 0.2) is 0 Å². The lowest BCUT2D eigenvalue weighted by molar-refractivity contribution is 0.00618. The van der Waals surface area contributed by atoms with E-state index in [1.165, 1.54) is 0 Å². The maximum atomic E-state index is 12.2. The number of aliphatic hydroxyl groups is 1. The first-order valence-corrected chi connectivity index (χ1v) is 7.90. The molecule has 4 heteroatoms. The summed E-state index contributed by atoms with van der Waals surface area (Å²) in [6.07, 6.45) is 7.95. The molecule has 2 fully saturated rings. The number of aromatic nitrogens is 1. The summed E-state index contributed by atoms with van der Waals surface area (Å²) in [5, 5.41) is 11.3. The molecular weight excluding hydrogens is 246 g/mol. The van der Waals surface area contributed by atoms with Gasteiger partial charge < -0.3 is 5.11 Å². The lowest BCUT2D eigenvalue weighted by Crippen LogP contribution is -2.47. The number of rotatable bonds is 1. The van der Waals surface area contributed by atoms with Gasteiger partial charge in [0, 0.05) is 39.3 Å². The Morgan fingerprint density at radius 3 is 2.61 bits per heavy atom. The zero-order valence-electron chi connectivity index (χ0n) is 10.6. The molecule has 1 aromatic heterocycles. The molecule has 0 radical (unpaired) electrons. The van der Waals surface area contributed by atoms with Crippen molar-refractivity contribution in [1.29, 1.82) is 0 Å². The summed E-state index contributed by atoms with van der Waals surface area (Å²) in [7, 11) is -0.742. The normalized spacial score (nSPS) is 39.6. The lowest BCUT2D eigenvalue weighted by atomic mass is 9.81. The highest BCUT2D eigenvalue weighted by Gasteiger charge is 2.46. The largest absolute Gasteiger partial charge is 0.385 e. The van der Waals surface area contributed by atoms with E-state index in [2.05, 4.69) is 4.98 Å². The van der Waals surface area contributed by atoms with Crippen LogP contribution in [0, 0.1) is 6.92 Å². The maximum absolute atomic E-state index is 12.2. The Hall–Kier alpha value is -0.740. The van der Waals surface area contributed by atoms with Gasteiger partial charge in [-0.15, -0.1) is 0 Å². The Labute approximate surface area is 110 Å². The highest BCUT2D eigenvalue weighted by Crippen LogP contribution is 2.44. The predicted octanol–water partition coefficient (Wildman–Crippen LogP) is 2.04. The predicted molar refractivity (Wildman–Crippen MR) is 71.7 cm³/mol. The highest BCUT2D eigenvalue weighted by atomic mass is 32.2. The van der Waals surface area contributed by atoms with Crippen LogP contribution in [0.3, 0.4) is 0 Å². The van der Waals surface area contributed by atoms with Crippen molar-refractivity contribution >= 4 is 10.8 Å². The van der Waals surface area contributed by atoms with Gasteiger partial charge >= 0.3 is 0 Å². The van der Waals surface area contributed by atoms with Gasteiger partial charge in [-0.25, -0.2) is 0 Å². The van der Waals surface area contributed by atoms with Crippen LogP contribution in [-0.4, -0.2) is 24.8 Å². The van der Waals surface area contributed by atoms with Crippen molar-refractivity contribution in [2.45, 2.75) is 55.1 Å². The summed E-state index contributed by atoms with van der Waals surface area (Å²) in [6, 6.07) is 2.01. The number of fused-ring (bicyclic) bond motifs is 2. The minimum absolute atomic E-state index is 0.169. The third-order valence-electron chi connectivity index (χ3n) is 4.25. The summed E-state index contributed by atoms with van der Waals surface area (Å²) < 4.78 is 12.2. The van der Waals surface area contributed by atoms with Crippen molar-refractivity contribution in [2.24, 2.45) is 0 Å². The molecule has 3 heterocycles. The average Bonchev–Trinajstić information content (AvgIpc) is 2.31. The van der Waals surface area contributed by atoms with Gasteiger partial charge in [-0.1, -0.05) is 12.5 Å². The van der Waals surface area contributed by atoms with E-state index in [4.69, 9.17) is 0 Å². The molecule has 3 rings (SSSR count). The molecule has 2 unspecified atom stereocenters. The van der Waals surface area contributed by atoms with Gasteiger partial charge in [-0.05, 0) is 38.2 Å². The molecule has 98 valence electrons. The molecule has 2 atom stereocenters. The molecule has 1 N–H and O–H groups in total. The van der Waals surface area contributed by atoms with Crippen molar-refractivity contribution < 1.29 is 9.32 Å². The van der Waals surface area contributed by atoms with Gasteiger partial charge in [-0.3, -0.25) is 9.19 Å². The molecule has 0 aliphatic carbocycles. The Morgan fingerprint density at radius 1 is 1.33 bits per heavy atom. The van der Waals surface area contributed by atoms with Crippen LogP contribution >= 0.6 is 0 Å². The summed E-state index contributed by atoms with van der Waals surface area (Å²) >= 11 is 0. The zero-order chi connectivity index (χ0) is 12.8. The van der Waals surface area contributed by atoms with E-state index >= 15 is 0 Å². The van der Waals surface area contributed by atoms with E-state index in [-0.39, 0.29) is 10.5 Å². The molecule has 18 heavy (non-hydrogen) atoms. The molecule has 0 aromatic carbocycles. The zero-order valence-corrected chi connectivity index (χ0v) is 11.4. The van der Waals surface area contributed by atoms with Crippen LogP contribution in [0.15, 0.2) is 18.5 Å². The third-order valence-corrected chi connectivity index (χ3v) is 6.37. The van der Waals surface area contributed by atoms with E-state index in [1.54, 1.807) is 12.4 Å². The smallest absolute Gasteiger partial charge is 0.0934 e. The first-order chi connectivity index (χ1) is 8.58. The summed E-state index contributed by atoms with van der Waals surface area (Å²) in [4.78, 5) is 4.18. The fraction of sp³-hybridized carbons (Fsp3) is 0.643. The summed E-state index contributed by atoms with van der Waals surface area (Å²) in [6.45, 7) is 1.99. The number of hydrogen-bond donors (Lipinski definition) is 1. The molecular formula is C14H19NO2S. The Morgan fingerprint density at radius 2 is 2.00 bits per heavy atom. The number of hydrogen-bond acceptors (Lipinski definition) is 3. The van der Waals surface area contributed by atoms with Gasteiger partial charge in [-0.2, -0.15) is 0 Å². The minimum Gasteiger partial charge on any atom is -0.385 e. The van der Waals surface area contributed by atoms with E-state index in [0.717, 1.165) is 30.4 Å².